The van der Waals surface area contributed by atoms with Crippen molar-refractivity contribution < 1.29 is 4.52 Å². The summed E-state index contributed by atoms with van der Waals surface area (Å²) in [7, 11) is 0. The van der Waals surface area contributed by atoms with E-state index in [1.807, 2.05) is 16.9 Å². The van der Waals surface area contributed by atoms with E-state index < -0.39 is 0 Å². The normalized spacial score (nSPS) is 15.3. The van der Waals surface area contributed by atoms with Crippen LogP contribution in [0.3, 0.4) is 0 Å². The number of hydrogen-bond donors (Lipinski definition) is 1. The van der Waals surface area contributed by atoms with E-state index >= 15 is 0 Å². The van der Waals surface area contributed by atoms with E-state index in [2.05, 4.69) is 20.6 Å². The van der Waals surface area contributed by atoms with Crippen LogP contribution >= 0.6 is 0 Å². The van der Waals surface area contributed by atoms with Crippen LogP contribution in [-0.2, 0) is 13.1 Å². The van der Waals surface area contributed by atoms with Crippen LogP contribution in [0.2, 0.25) is 0 Å². The van der Waals surface area contributed by atoms with Crippen LogP contribution in [0.1, 0.15) is 30.5 Å². The fraction of sp³-hybridized carbons (Fsp3) is 0.545. The van der Waals surface area contributed by atoms with Crippen LogP contribution in [0.4, 0.5) is 0 Å². The van der Waals surface area contributed by atoms with Crippen LogP contribution in [0.15, 0.2) is 23.0 Å². The van der Waals surface area contributed by atoms with E-state index in [1.165, 1.54) is 12.8 Å². The minimum atomic E-state index is 0.552. The molecule has 0 atom stereocenters. The molecule has 0 radical (unpaired) electrons. The fourth-order valence-corrected chi connectivity index (χ4v) is 1.67. The molecule has 2 aromatic heterocycles. The van der Waals surface area contributed by atoms with Gasteiger partial charge in [-0.05, 0) is 18.9 Å². The maximum absolute atomic E-state index is 5.16. The largest absolute Gasteiger partial charge is 0.338 e. The van der Waals surface area contributed by atoms with E-state index in [0.29, 0.717) is 18.4 Å². The van der Waals surface area contributed by atoms with Crippen molar-refractivity contribution in [2.75, 3.05) is 6.54 Å². The Hall–Kier alpha value is -1.69. The molecule has 0 amide bonds. The first-order chi connectivity index (χ1) is 8.42. The predicted molar refractivity (Wildman–Crippen MR) is 60.2 cm³/mol. The standard InChI is InChI=1S/C11H15N5O/c1-4-13-16(6-1)7-5-12-8-10-14-11(15-17-10)9-2-3-9/h1,4,6,9,12H,2-3,5,7-8H2. The van der Waals surface area contributed by atoms with Gasteiger partial charge in [0.15, 0.2) is 5.82 Å². The lowest BCUT2D eigenvalue weighted by Gasteiger charge is -2.01. The molecular formula is C11H15N5O. The third-order valence-electron chi connectivity index (χ3n) is 2.78. The Morgan fingerprint density at radius 1 is 1.47 bits per heavy atom. The Bertz CT molecular complexity index is 460. The molecule has 0 unspecified atom stereocenters. The Kier molecular flexibility index (Phi) is 2.87. The maximum atomic E-state index is 5.16. The summed E-state index contributed by atoms with van der Waals surface area (Å²) in [6.45, 7) is 2.31. The zero-order valence-electron chi connectivity index (χ0n) is 9.54. The Morgan fingerprint density at radius 3 is 3.18 bits per heavy atom. The molecule has 1 N–H and O–H groups in total. The van der Waals surface area contributed by atoms with Crippen molar-refractivity contribution in [1.29, 1.82) is 0 Å². The SMILES string of the molecule is c1cnn(CCNCc2nc(C3CC3)no2)c1. The van der Waals surface area contributed by atoms with Crippen molar-refractivity contribution in [1.82, 2.24) is 25.2 Å². The highest BCUT2D eigenvalue weighted by Crippen LogP contribution is 2.37. The Morgan fingerprint density at radius 2 is 2.41 bits per heavy atom. The summed E-state index contributed by atoms with van der Waals surface area (Å²) in [5.74, 6) is 2.10. The summed E-state index contributed by atoms with van der Waals surface area (Å²) < 4.78 is 7.04. The maximum Gasteiger partial charge on any atom is 0.240 e. The van der Waals surface area contributed by atoms with Crippen LogP contribution < -0.4 is 5.32 Å². The minimum Gasteiger partial charge on any atom is -0.338 e. The predicted octanol–water partition coefficient (Wildman–Crippen LogP) is 0.933. The third-order valence-corrected chi connectivity index (χ3v) is 2.78. The van der Waals surface area contributed by atoms with Crippen molar-refractivity contribution in [3.63, 3.8) is 0 Å². The molecule has 0 saturated heterocycles. The first-order valence-corrected chi connectivity index (χ1v) is 5.92. The van der Waals surface area contributed by atoms with Gasteiger partial charge in [0, 0.05) is 24.9 Å². The second kappa shape index (κ2) is 4.67. The summed E-state index contributed by atoms with van der Waals surface area (Å²) in [5.41, 5.74) is 0. The van der Waals surface area contributed by atoms with Gasteiger partial charge in [-0.25, -0.2) is 0 Å². The second-order valence-electron chi connectivity index (χ2n) is 4.27. The van der Waals surface area contributed by atoms with Crippen LogP contribution in [0.25, 0.3) is 0 Å². The van der Waals surface area contributed by atoms with Gasteiger partial charge >= 0.3 is 0 Å². The number of nitrogens with zero attached hydrogens (tertiary/aromatic N) is 4. The lowest BCUT2D eigenvalue weighted by Crippen LogP contribution is -2.19. The molecular weight excluding hydrogens is 218 g/mol. The average molecular weight is 233 g/mol. The first kappa shape index (κ1) is 10.5. The molecule has 2 heterocycles. The molecule has 6 nitrogen and oxygen atoms in total. The summed E-state index contributed by atoms with van der Waals surface area (Å²) in [6, 6.07) is 1.92. The molecule has 1 aliphatic carbocycles. The van der Waals surface area contributed by atoms with Gasteiger partial charge in [0.25, 0.3) is 0 Å². The highest BCUT2D eigenvalue weighted by Gasteiger charge is 2.28. The minimum absolute atomic E-state index is 0.552. The van der Waals surface area contributed by atoms with Gasteiger partial charge in [-0.1, -0.05) is 5.16 Å². The molecule has 1 fully saturated rings. The molecule has 0 aromatic carbocycles. The lowest BCUT2D eigenvalue weighted by molar-refractivity contribution is 0.361. The van der Waals surface area contributed by atoms with Crippen molar-refractivity contribution in [3.05, 3.63) is 30.2 Å². The van der Waals surface area contributed by atoms with E-state index in [-0.39, 0.29) is 0 Å². The summed E-state index contributed by atoms with van der Waals surface area (Å²) in [6.07, 6.45) is 6.12. The monoisotopic (exact) mass is 233 g/mol. The molecule has 90 valence electrons. The average Bonchev–Trinajstić information content (AvgIpc) is 2.89. The first-order valence-electron chi connectivity index (χ1n) is 5.92. The Balaban J connectivity index is 1.41. The molecule has 1 aliphatic rings. The molecule has 2 aromatic rings. The molecule has 17 heavy (non-hydrogen) atoms. The van der Waals surface area contributed by atoms with Crippen molar-refractivity contribution >= 4 is 0 Å². The quantitative estimate of drug-likeness (QED) is 0.752. The molecule has 1 saturated carbocycles. The van der Waals surface area contributed by atoms with Crippen molar-refractivity contribution in [3.8, 4) is 0 Å². The molecule has 0 aliphatic heterocycles. The second-order valence-corrected chi connectivity index (χ2v) is 4.27. The third kappa shape index (κ3) is 2.71. The number of nitrogens with one attached hydrogen (secondary N) is 1. The summed E-state index contributed by atoms with van der Waals surface area (Å²) >= 11 is 0. The molecule has 0 spiro atoms. The van der Waals surface area contributed by atoms with Crippen molar-refractivity contribution in [2.24, 2.45) is 0 Å². The number of rotatable bonds is 6. The lowest BCUT2D eigenvalue weighted by atomic mass is 10.4. The van der Waals surface area contributed by atoms with E-state index in [4.69, 9.17) is 4.52 Å². The van der Waals surface area contributed by atoms with Gasteiger partial charge in [-0.15, -0.1) is 0 Å². The van der Waals surface area contributed by atoms with Gasteiger partial charge in [0.05, 0.1) is 13.1 Å². The van der Waals surface area contributed by atoms with E-state index in [1.54, 1.807) is 6.20 Å². The number of aromatic nitrogens is 4. The molecule has 3 rings (SSSR count). The number of hydrogen-bond acceptors (Lipinski definition) is 5. The summed E-state index contributed by atoms with van der Waals surface area (Å²) in [5, 5.41) is 11.3. The topological polar surface area (TPSA) is 68.8 Å². The van der Waals surface area contributed by atoms with Gasteiger partial charge < -0.3 is 9.84 Å². The molecule has 0 bridgehead atoms. The van der Waals surface area contributed by atoms with Gasteiger partial charge in [-0.2, -0.15) is 10.1 Å². The highest BCUT2D eigenvalue weighted by molar-refractivity contribution is 5.03. The van der Waals surface area contributed by atoms with Gasteiger partial charge in [0.1, 0.15) is 0 Å². The van der Waals surface area contributed by atoms with Crippen LogP contribution in [-0.4, -0.2) is 26.5 Å². The van der Waals surface area contributed by atoms with E-state index in [9.17, 15) is 0 Å². The van der Waals surface area contributed by atoms with Crippen LogP contribution in [0, 0.1) is 0 Å². The zero-order valence-corrected chi connectivity index (χ0v) is 9.54. The van der Waals surface area contributed by atoms with Gasteiger partial charge in [-0.3, -0.25) is 4.68 Å². The van der Waals surface area contributed by atoms with E-state index in [0.717, 1.165) is 18.9 Å². The molecule has 6 heteroatoms. The fourth-order valence-electron chi connectivity index (χ4n) is 1.67. The zero-order chi connectivity index (χ0) is 11.5. The smallest absolute Gasteiger partial charge is 0.240 e. The highest BCUT2D eigenvalue weighted by atomic mass is 16.5. The Labute approximate surface area is 99.0 Å². The summed E-state index contributed by atoms with van der Waals surface area (Å²) in [4.78, 5) is 4.34. The van der Waals surface area contributed by atoms with Crippen LogP contribution in [0.5, 0.6) is 0 Å². The van der Waals surface area contributed by atoms with Gasteiger partial charge in [0.2, 0.25) is 5.89 Å². The van der Waals surface area contributed by atoms with Crippen molar-refractivity contribution in [2.45, 2.75) is 31.8 Å².